The minimum absolute atomic E-state index is 0.113. The normalized spacial score (nSPS) is 18.1. The maximum Gasteiger partial charge on any atom is 0.332 e. The number of H-pyrrole nitrogens is 1. The Kier molecular flexibility index (Phi) is 7.33. The maximum absolute atomic E-state index is 14.4. The quantitative estimate of drug-likeness (QED) is 0.202. The van der Waals surface area contributed by atoms with Gasteiger partial charge in [-0.15, -0.1) is 0 Å². The molecule has 2 aliphatic heterocycles. The molecular weight excluding hydrogens is 564 g/mol. The Bertz CT molecular complexity index is 1920. The lowest BCUT2D eigenvalue weighted by Crippen LogP contribution is -2.44. The molecule has 0 unspecified atom stereocenters. The molecule has 2 N–H and O–H groups in total. The minimum atomic E-state index is -0.735. The number of rotatable bonds is 8. The summed E-state index contributed by atoms with van der Waals surface area (Å²) in [4.78, 5) is 48.7. The fraction of sp³-hybridized carbons (Fsp3) is 0.216. The number of amides is 4. The van der Waals surface area contributed by atoms with Gasteiger partial charge in [-0.25, -0.2) is 9.69 Å². The number of nitrogens with one attached hydrogen (secondary N) is 2. The van der Waals surface area contributed by atoms with E-state index in [4.69, 9.17) is 4.74 Å². The molecule has 5 aromatic rings. The highest BCUT2D eigenvalue weighted by Crippen LogP contribution is 2.45. The van der Waals surface area contributed by atoms with Gasteiger partial charge in [-0.05, 0) is 66.8 Å². The van der Waals surface area contributed by atoms with Crippen LogP contribution in [0.1, 0.15) is 52.1 Å². The van der Waals surface area contributed by atoms with Crippen molar-refractivity contribution >= 4 is 34.4 Å². The molecule has 3 heterocycles. The number of carbonyl (C=O) groups excluding carboxylic acids is 3. The summed E-state index contributed by atoms with van der Waals surface area (Å²) < 4.78 is 5.52. The molecule has 1 aromatic heterocycles. The first-order valence-corrected chi connectivity index (χ1v) is 15.3. The molecule has 4 amide bonds. The predicted octanol–water partition coefficient (Wildman–Crippen LogP) is 6.41. The second-order valence-corrected chi connectivity index (χ2v) is 11.7. The summed E-state index contributed by atoms with van der Waals surface area (Å²) in [6.07, 6.45) is 1.94. The number of aryl methyl sites for hydroxylation is 1. The van der Waals surface area contributed by atoms with E-state index in [9.17, 15) is 14.4 Å². The van der Waals surface area contributed by atoms with E-state index in [0.29, 0.717) is 12.2 Å². The molecule has 0 spiro atoms. The lowest BCUT2D eigenvalue weighted by molar-refractivity contribution is -0.120. The highest BCUT2D eigenvalue weighted by molar-refractivity contribution is 6.24. The van der Waals surface area contributed by atoms with Crippen molar-refractivity contribution in [1.82, 2.24) is 15.2 Å². The largest absolute Gasteiger partial charge is 0.497 e. The highest BCUT2D eigenvalue weighted by Gasteiger charge is 2.53. The Hall–Kier alpha value is -5.37. The zero-order valence-electron chi connectivity index (χ0n) is 25.2. The van der Waals surface area contributed by atoms with Crippen LogP contribution in [0.2, 0.25) is 0 Å². The number of benzene rings is 4. The van der Waals surface area contributed by atoms with Crippen molar-refractivity contribution in [1.29, 1.82) is 0 Å². The third-order valence-corrected chi connectivity index (χ3v) is 8.93. The monoisotopic (exact) mass is 598 g/mol. The van der Waals surface area contributed by atoms with E-state index >= 15 is 0 Å². The van der Waals surface area contributed by atoms with Crippen molar-refractivity contribution in [2.24, 2.45) is 0 Å². The molecule has 226 valence electrons. The Labute approximate surface area is 261 Å². The lowest BCUT2D eigenvalue weighted by Gasteiger charge is -2.36. The number of urea groups is 1. The molecule has 7 rings (SSSR count). The predicted molar refractivity (Wildman–Crippen MR) is 173 cm³/mol. The number of aromatic amines is 1. The number of imide groups is 1. The van der Waals surface area contributed by atoms with E-state index in [-0.39, 0.29) is 29.1 Å². The molecule has 2 aliphatic rings. The zero-order chi connectivity index (χ0) is 31.1. The van der Waals surface area contributed by atoms with Crippen LogP contribution in [0.15, 0.2) is 103 Å². The van der Waals surface area contributed by atoms with E-state index < -0.39 is 18.1 Å². The Morgan fingerprint density at radius 2 is 1.71 bits per heavy atom. The van der Waals surface area contributed by atoms with Crippen molar-refractivity contribution in [3.05, 3.63) is 131 Å². The van der Waals surface area contributed by atoms with Crippen LogP contribution in [0.4, 0.5) is 10.5 Å². The first kappa shape index (κ1) is 28.4. The van der Waals surface area contributed by atoms with E-state index in [0.717, 1.165) is 40.6 Å². The molecule has 0 saturated carbocycles. The van der Waals surface area contributed by atoms with Crippen LogP contribution in [0.25, 0.3) is 10.9 Å². The number of para-hydroxylation sites is 2. The van der Waals surface area contributed by atoms with Gasteiger partial charge in [0.25, 0.3) is 11.8 Å². The third kappa shape index (κ3) is 5.02. The lowest BCUT2D eigenvalue weighted by atomic mass is 9.89. The fourth-order valence-corrected chi connectivity index (χ4v) is 6.72. The van der Waals surface area contributed by atoms with Gasteiger partial charge in [0.1, 0.15) is 17.8 Å². The average molecular weight is 599 g/mol. The molecule has 3 atom stereocenters. The average Bonchev–Trinajstić information content (AvgIpc) is 3.57. The second kappa shape index (κ2) is 11.6. The standard InChI is InChI=1S/C37H34N4O4/c1-23(19-20-24-11-4-3-5-12-24)38-35(42)28-16-7-9-18-31(28)41-36(43)32-22-29-27-15-6-8-17-30(27)39-33(29)34(40(32)37(41)44)25-13-10-14-26(21-25)45-2/h3-18,21,23,32,34,39H,19-20,22H2,1-2H3,(H,38,42)/t23-,32-,34-/m0/s1. The van der Waals surface area contributed by atoms with Crippen LogP contribution in [0, 0.1) is 0 Å². The summed E-state index contributed by atoms with van der Waals surface area (Å²) >= 11 is 0. The van der Waals surface area contributed by atoms with Crippen LogP contribution in [-0.2, 0) is 17.6 Å². The number of anilines is 1. The first-order valence-electron chi connectivity index (χ1n) is 15.3. The molecular formula is C37H34N4O4. The smallest absolute Gasteiger partial charge is 0.332 e. The van der Waals surface area contributed by atoms with Crippen molar-refractivity contribution in [2.45, 2.75) is 44.3 Å². The van der Waals surface area contributed by atoms with E-state index in [1.807, 2.05) is 73.7 Å². The molecule has 1 fully saturated rings. The van der Waals surface area contributed by atoms with Gasteiger partial charge in [0, 0.05) is 29.1 Å². The molecule has 0 radical (unpaired) electrons. The van der Waals surface area contributed by atoms with Gasteiger partial charge in [-0.2, -0.15) is 0 Å². The van der Waals surface area contributed by atoms with Gasteiger partial charge in [0.15, 0.2) is 0 Å². The summed E-state index contributed by atoms with van der Waals surface area (Å²) in [6.45, 7) is 1.96. The van der Waals surface area contributed by atoms with Crippen LogP contribution in [0.3, 0.4) is 0 Å². The van der Waals surface area contributed by atoms with Gasteiger partial charge >= 0.3 is 6.03 Å². The topological polar surface area (TPSA) is 94.7 Å². The van der Waals surface area contributed by atoms with Crippen molar-refractivity contribution < 1.29 is 19.1 Å². The molecule has 45 heavy (non-hydrogen) atoms. The number of nitrogens with zero attached hydrogens (tertiary/aromatic N) is 2. The molecule has 0 aliphatic carbocycles. The summed E-state index contributed by atoms with van der Waals surface area (Å²) in [5, 5.41) is 4.11. The van der Waals surface area contributed by atoms with Gasteiger partial charge in [-0.1, -0.05) is 72.8 Å². The van der Waals surface area contributed by atoms with Crippen molar-refractivity contribution in [3.63, 3.8) is 0 Å². The summed E-state index contributed by atoms with van der Waals surface area (Å²) in [6, 6.07) is 30.7. The summed E-state index contributed by atoms with van der Waals surface area (Å²) in [5.74, 6) is -0.0103. The van der Waals surface area contributed by atoms with E-state index in [2.05, 4.69) is 22.4 Å². The molecule has 8 heteroatoms. The SMILES string of the molecule is COc1cccc([C@H]2c3[nH]c4ccccc4c3C[C@H]3C(=O)N(c4ccccc4C(=O)N[C@@H](C)CCc4ccccc4)C(=O)N23)c1. The summed E-state index contributed by atoms with van der Waals surface area (Å²) in [7, 11) is 1.61. The van der Waals surface area contributed by atoms with Gasteiger partial charge < -0.3 is 15.0 Å². The Balaban J connectivity index is 1.23. The molecule has 4 aromatic carbocycles. The number of aromatic nitrogens is 1. The zero-order valence-corrected chi connectivity index (χ0v) is 25.2. The number of carbonyl (C=O) groups is 3. The Morgan fingerprint density at radius 3 is 2.53 bits per heavy atom. The van der Waals surface area contributed by atoms with Crippen LogP contribution >= 0.6 is 0 Å². The number of hydrogen-bond donors (Lipinski definition) is 2. The van der Waals surface area contributed by atoms with Crippen LogP contribution in [0.5, 0.6) is 5.75 Å². The maximum atomic E-state index is 14.4. The second-order valence-electron chi connectivity index (χ2n) is 11.7. The van der Waals surface area contributed by atoms with Gasteiger partial charge in [-0.3, -0.25) is 14.5 Å². The van der Waals surface area contributed by atoms with Crippen molar-refractivity contribution in [2.75, 3.05) is 12.0 Å². The number of methoxy groups -OCH3 is 1. The van der Waals surface area contributed by atoms with Gasteiger partial charge in [0.2, 0.25) is 0 Å². The van der Waals surface area contributed by atoms with E-state index in [1.54, 1.807) is 36.3 Å². The summed E-state index contributed by atoms with van der Waals surface area (Å²) in [5.41, 5.74) is 5.44. The molecule has 8 nitrogen and oxygen atoms in total. The molecule has 0 bridgehead atoms. The van der Waals surface area contributed by atoms with Crippen LogP contribution in [-0.4, -0.2) is 46.9 Å². The van der Waals surface area contributed by atoms with Gasteiger partial charge in [0.05, 0.1) is 18.4 Å². The van der Waals surface area contributed by atoms with Crippen molar-refractivity contribution in [3.8, 4) is 5.75 Å². The molecule has 1 saturated heterocycles. The first-order chi connectivity index (χ1) is 21.9. The highest BCUT2D eigenvalue weighted by atomic mass is 16.5. The number of ether oxygens (including phenoxy) is 1. The van der Waals surface area contributed by atoms with E-state index in [1.165, 1.54) is 10.5 Å². The Morgan fingerprint density at radius 1 is 0.956 bits per heavy atom. The minimum Gasteiger partial charge on any atom is -0.497 e. The fourth-order valence-electron chi connectivity index (χ4n) is 6.72. The number of hydrogen-bond acceptors (Lipinski definition) is 4. The van der Waals surface area contributed by atoms with Crippen LogP contribution < -0.4 is 15.0 Å². The number of fused-ring (bicyclic) bond motifs is 4. The third-order valence-electron chi connectivity index (χ3n) is 8.93.